The highest BCUT2D eigenvalue weighted by Crippen LogP contribution is 2.37. The zero-order valence-electron chi connectivity index (χ0n) is 11.1. The molecule has 2 saturated carbocycles. The Bertz CT molecular complexity index is 634. The lowest BCUT2D eigenvalue weighted by molar-refractivity contribution is 0.176. The van der Waals surface area contributed by atoms with Gasteiger partial charge in [0.2, 0.25) is 0 Å². The van der Waals surface area contributed by atoms with Gasteiger partial charge in [0.15, 0.2) is 11.6 Å². The summed E-state index contributed by atoms with van der Waals surface area (Å²) in [6.45, 7) is 0.618. The minimum Gasteiger partial charge on any atom is -0.490 e. The van der Waals surface area contributed by atoms with E-state index in [4.69, 9.17) is 9.47 Å². The third-order valence-corrected chi connectivity index (χ3v) is 4.89. The van der Waals surface area contributed by atoms with Gasteiger partial charge >= 0.3 is 0 Å². The summed E-state index contributed by atoms with van der Waals surface area (Å²) in [6, 6.07) is 3.49. The smallest absolute Gasteiger partial charge is 0.274 e. The predicted molar refractivity (Wildman–Crippen MR) is 76.1 cm³/mol. The number of nitrogens with zero attached hydrogens (tertiary/aromatic N) is 1. The molecule has 0 N–H and O–H groups in total. The van der Waals surface area contributed by atoms with Gasteiger partial charge in [0, 0.05) is 0 Å². The summed E-state index contributed by atoms with van der Waals surface area (Å²) < 4.78 is 26.2. The van der Waals surface area contributed by atoms with E-state index in [1.807, 2.05) is 6.07 Å². The molecule has 0 bridgehead atoms. The molecule has 2 aliphatic rings. The summed E-state index contributed by atoms with van der Waals surface area (Å²) in [5.74, 6) is 0.635. The highest BCUT2D eigenvalue weighted by Gasteiger charge is 2.26. The zero-order valence-corrected chi connectivity index (χ0v) is 11.9. The molecular formula is C15H16FNO2S. The molecule has 0 radical (unpaired) electrons. The molecular weight excluding hydrogens is 277 g/mol. The lowest BCUT2D eigenvalue weighted by atomic mass is 9.86. The number of benzene rings is 1. The molecule has 0 amide bonds. The number of rotatable bonds is 5. The van der Waals surface area contributed by atoms with Crippen molar-refractivity contribution in [2.45, 2.75) is 38.2 Å². The van der Waals surface area contributed by atoms with Gasteiger partial charge in [-0.3, -0.25) is 0 Å². The van der Waals surface area contributed by atoms with Gasteiger partial charge in [0.05, 0.1) is 16.8 Å². The number of thiazole rings is 1. The van der Waals surface area contributed by atoms with Crippen LogP contribution in [0.25, 0.3) is 10.2 Å². The van der Waals surface area contributed by atoms with E-state index in [0.29, 0.717) is 33.7 Å². The number of fused-ring (bicyclic) bond motifs is 1. The lowest BCUT2D eigenvalue weighted by Crippen LogP contribution is -2.19. The van der Waals surface area contributed by atoms with E-state index >= 15 is 0 Å². The Kier molecular flexibility index (Phi) is 3.02. The zero-order chi connectivity index (χ0) is 13.5. The summed E-state index contributed by atoms with van der Waals surface area (Å²) in [5.41, 5.74) is 0.652. The van der Waals surface area contributed by atoms with Crippen LogP contribution in [0, 0.1) is 11.7 Å². The first-order chi connectivity index (χ1) is 9.79. The minimum absolute atomic E-state index is 0.285. The van der Waals surface area contributed by atoms with E-state index in [1.165, 1.54) is 30.6 Å². The van der Waals surface area contributed by atoms with Crippen molar-refractivity contribution < 1.29 is 13.9 Å². The maximum atomic E-state index is 14.4. The first-order valence-electron chi connectivity index (χ1n) is 7.18. The Morgan fingerprint density at radius 3 is 2.80 bits per heavy atom. The van der Waals surface area contributed by atoms with Crippen LogP contribution in [0.15, 0.2) is 12.1 Å². The van der Waals surface area contributed by atoms with Crippen LogP contribution >= 0.6 is 11.3 Å². The summed E-state index contributed by atoms with van der Waals surface area (Å²) in [7, 11) is 0. The largest absolute Gasteiger partial charge is 0.490 e. The third kappa shape index (κ3) is 2.35. The van der Waals surface area contributed by atoms with E-state index < -0.39 is 0 Å². The van der Waals surface area contributed by atoms with E-state index in [2.05, 4.69) is 4.98 Å². The van der Waals surface area contributed by atoms with Gasteiger partial charge in [-0.1, -0.05) is 17.8 Å². The van der Waals surface area contributed by atoms with Crippen molar-refractivity contribution in [3.8, 4) is 10.9 Å². The number of aromatic nitrogens is 1. The maximum Gasteiger partial charge on any atom is 0.274 e. The van der Waals surface area contributed by atoms with Gasteiger partial charge in [0.1, 0.15) is 6.10 Å². The van der Waals surface area contributed by atoms with Gasteiger partial charge in [0.25, 0.3) is 5.19 Å². The molecule has 5 heteroatoms. The molecule has 2 aromatic rings. The number of ether oxygens (including phenoxy) is 2. The van der Waals surface area contributed by atoms with Crippen LogP contribution < -0.4 is 9.47 Å². The van der Waals surface area contributed by atoms with Crippen LogP contribution in [0.5, 0.6) is 10.9 Å². The molecule has 4 rings (SSSR count). The minimum atomic E-state index is -0.301. The summed E-state index contributed by atoms with van der Waals surface area (Å²) in [6.07, 6.45) is 6.11. The molecule has 0 spiro atoms. The van der Waals surface area contributed by atoms with Gasteiger partial charge < -0.3 is 9.47 Å². The van der Waals surface area contributed by atoms with E-state index in [-0.39, 0.29) is 11.9 Å². The van der Waals surface area contributed by atoms with Crippen molar-refractivity contribution in [2.75, 3.05) is 6.61 Å². The van der Waals surface area contributed by atoms with Crippen molar-refractivity contribution in [1.29, 1.82) is 0 Å². The van der Waals surface area contributed by atoms with Crippen LogP contribution in [-0.4, -0.2) is 17.7 Å². The second kappa shape index (κ2) is 4.88. The quantitative estimate of drug-likeness (QED) is 0.829. The van der Waals surface area contributed by atoms with Crippen molar-refractivity contribution in [3.05, 3.63) is 17.9 Å². The van der Waals surface area contributed by atoms with E-state index in [1.54, 1.807) is 6.07 Å². The number of halogens is 1. The predicted octanol–water partition coefficient (Wildman–Crippen LogP) is 4.16. The van der Waals surface area contributed by atoms with Crippen LogP contribution in [-0.2, 0) is 0 Å². The fourth-order valence-electron chi connectivity index (χ4n) is 2.28. The van der Waals surface area contributed by atoms with Gasteiger partial charge in [-0.05, 0) is 43.7 Å². The highest BCUT2D eigenvalue weighted by atomic mass is 32.1. The highest BCUT2D eigenvalue weighted by molar-refractivity contribution is 7.20. The summed E-state index contributed by atoms with van der Waals surface area (Å²) in [5, 5.41) is 0.567. The first kappa shape index (κ1) is 12.4. The molecule has 1 aromatic heterocycles. The van der Waals surface area contributed by atoms with Crippen LogP contribution in [0.1, 0.15) is 32.1 Å². The van der Waals surface area contributed by atoms with Crippen molar-refractivity contribution in [1.82, 2.24) is 4.98 Å². The van der Waals surface area contributed by atoms with Crippen molar-refractivity contribution in [2.24, 2.45) is 5.92 Å². The maximum absolute atomic E-state index is 14.4. The SMILES string of the molecule is Fc1c(OCC2CCC2)ccc2nc(OC3CC3)sc12. The van der Waals surface area contributed by atoms with Crippen molar-refractivity contribution in [3.63, 3.8) is 0 Å². The Morgan fingerprint density at radius 2 is 2.10 bits per heavy atom. The normalized spacial score (nSPS) is 19.1. The molecule has 3 nitrogen and oxygen atoms in total. The Labute approximate surface area is 120 Å². The molecule has 1 aromatic carbocycles. The molecule has 1 heterocycles. The number of hydrogen-bond acceptors (Lipinski definition) is 4. The van der Waals surface area contributed by atoms with Crippen molar-refractivity contribution >= 4 is 21.6 Å². The molecule has 20 heavy (non-hydrogen) atoms. The lowest BCUT2D eigenvalue weighted by Gasteiger charge is -2.25. The molecule has 0 atom stereocenters. The standard InChI is InChI=1S/C15H16FNO2S/c16-13-12(18-8-9-2-1-3-9)7-6-11-14(13)20-15(17-11)19-10-4-5-10/h6-7,9-10H,1-5,8H2. The second-order valence-corrected chi connectivity index (χ2v) is 6.59. The van der Waals surface area contributed by atoms with Crippen LogP contribution in [0.2, 0.25) is 0 Å². The van der Waals surface area contributed by atoms with Gasteiger partial charge in [-0.25, -0.2) is 9.37 Å². The topological polar surface area (TPSA) is 31.4 Å². The van der Waals surface area contributed by atoms with Crippen LogP contribution in [0.4, 0.5) is 4.39 Å². The monoisotopic (exact) mass is 293 g/mol. The van der Waals surface area contributed by atoms with E-state index in [0.717, 1.165) is 12.8 Å². The fourth-order valence-corrected chi connectivity index (χ4v) is 3.19. The Hall–Kier alpha value is -1.36. The summed E-state index contributed by atoms with van der Waals surface area (Å²) in [4.78, 5) is 4.32. The summed E-state index contributed by atoms with van der Waals surface area (Å²) >= 11 is 1.27. The number of hydrogen-bond donors (Lipinski definition) is 0. The fraction of sp³-hybridized carbons (Fsp3) is 0.533. The molecule has 106 valence electrons. The first-order valence-corrected chi connectivity index (χ1v) is 8.00. The van der Waals surface area contributed by atoms with Gasteiger partial charge in [-0.15, -0.1) is 0 Å². The second-order valence-electron chi connectivity index (χ2n) is 5.63. The Morgan fingerprint density at radius 1 is 1.25 bits per heavy atom. The Balaban J connectivity index is 1.56. The van der Waals surface area contributed by atoms with Crippen LogP contribution in [0.3, 0.4) is 0 Å². The average molecular weight is 293 g/mol. The molecule has 0 unspecified atom stereocenters. The van der Waals surface area contributed by atoms with Gasteiger partial charge in [-0.2, -0.15) is 0 Å². The average Bonchev–Trinajstić information content (AvgIpc) is 3.08. The van der Waals surface area contributed by atoms with E-state index in [9.17, 15) is 4.39 Å². The molecule has 0 aliphatic heterocycles. The molecule has 2 fully saturated rings. The molecule has 2 aliphatic carbocycles. The molecule has 0 saturated heterocycles. The third-order valence-electron chi connectivity index (χ3n) is 3.93.